The van der Waals surface area contributed by atoms with E-state index in [0.29, 0.717) is 6.79 Å². The van der Waals surface area contributed by atoms with E-state index in [0.717, 1.165) is 61.7 Å². The Balaban J connectivity index is 1.31. The van der Waals surface area contributed by atoms with Crippen molar-refractivity contribution in [2.24, 2.45) is 5.73 Å². The summed E-state index contributed by atoms with van der Waals surface area (Å²) in [5.74, 6) is 1.70. The standard InChI is InChI=1S/C25H35BrN4O2/c26-23-5-1-4-21(16-23)18-30(19-22-6-7-24-25(17-22)32-20-31-24)11-3-10-29-14-12-28(13-15-29)9-2-8-27/h1,4-7,16-17H,2-3,8-15,18-20,27H2. The highest BCUT2D eigenvalue weighted by atomic mass is 79.9. The molecule has 2 aliphatic rings. The molecule has 0 unspecified atom stereocenters. The Labute approximate surface area is 200 Å². The highest BCUT2D eigenvalue weighted by molar-refractivity contribution is 9.10. The van der Waals surface area contributed by atoms with Crippen LogP contribution in [0.2, 0.25) is 0 Å². The first kappa shape index (κ1) is 23.5. The quantitative estimate of drug-likeness (QED) is 0.507. The first-order valence-corrected chi connectivity index (χ1v) is 12.5. The average Bonchev–Trinajstić information content (AvgIpc) is 3.26. The summed E-state index contributed by atoms with van der Waals surface area (Å²) in [5, 5.41) is 0. The third-order valence-electron chi connectivity index (χ3n) is 6.23. The Morgan fingerprint density at radius 2 is 1.53 bits per heavy atom. The van der Waals surface area contributed by atoms with Crippen LogP contribution in [0.15, 0.2) is 46.9 Å². The molecule has 0 atom stereocenters. The van der Waals surface area contributed by atoms with Gasteiger partial charge in [-0.3, -0.25) is 4.90 Å². The second kappa shape index (κ2) is 12.0. The van der Waals surface area contributed by atoms with Crippen LogP contribution in [-0.4, -0.2) is 73.9 Å². The highest BCUT2D eigenvalue weighted by Gasteiger charge is 2.18. The molecule has 2 aromatic carbocycles. The van der Waals surface area contributed by atoms with Gasteiger partial charge in [-0.05, 0) is 67.9 Å². The molecular formula is C25H35BrN4O2. The van der Waals surface area contributed by atoms with Crippen molar-refractivity contribution in [1.29, 1.82) is 0 Å². The van der Waals surface area contributed by atoms with Gasteiger partial charge in [-0.1, -0.05) is 34.1 Å². The van der Waals surface area contributed by atoms with Gasteiger partial charge in [-0.2, -0.15) is 0 Å². The lowest BCUT2D eigenvalue weighted by molar-refractivity contribution is 0.125. The molecule has 174 valence electrons. The lowest BCUT2D eigenvalue weighted by Gasteiger charge is -2.35. The Morgan fingerprint density at radius 1 is 0.844 bits per heavy atom. The van der Waals surface area contributed by atoms with Crippen molar-refractivity contribution in [3.8, 4) is 11.5 Å². The van der Waals surface area contributed by atoms with E-state index in [-0.39, 0.29) is 0 Å². The molecule has 6 nitrogen and oxygen atoms in total. The maximum absolute atomic E-state index is 5.65. The second-order valence-corrected chi connectivity index (χ2v) is 9.62. The van der Waals surface area contributed by atoms with Crippen LogP contribution in [0.1, 0.15) is 24.0 Å². The summed E-state index contributed by atoms with van der Waals surface area (Å²) in [6.45, 7) is 11.0. The number of piperazine rings is 1. The van der Waals surface area contributed by atoms with Crippen molar-refractivity contribution in [2.75, 3.05) is 59.2 Å². The molecule has 2 N–H and O–H groups in total. The zero-order valence-electron chi connectivity index (χ0n) is 18.8. The summed E-state index contributed by atoms with van der Waals surface area (Å²) in [6.07, 6.45) is 2.27. The van der Waals surface area contributed by atoms with Crippen molar-refractivity contribution in [3.05, 3.63) is 58.1 Å². The fourth-order valence-corrected chi connectivity index (χ4v) is 4.92. The number of nitrogens with zero attached hydrogens (tertiary/aromatic N) is 3. The fourth-order valence-electron chi connectivity index (χ4n) is 4.47. The molecule has 0 saturated carbocycles. The summed E-state index contributed by atoms with van der Waals surface area (Å²) < 4.78 is 12.2. The van der Waals surface area contributed by atoms with E-state index in [9.17, 15) is 0 Å². The predicted molar refractivity (Wildman–Crippen MR) is 132 cm³/mol. The molecular weight excluding hydrogens is 468 g/mol. The molecule has 0 amide bonds. The molecule has 0 bridgehead atoms. The predicted octanol–water partition coefficient (Wildman–Crippen LogP) is 3.54. The third-order valence-corrected chi connectivity index (χ3v) is 6.72. The Bertz CT molecular complexity index is 858. The van der Waals surface area contributed by atoms with E-state index in [1.54, 1.807) is 0 Å². The minimum atomic E-state index is 0.319. The molecule has 0 radical (unpaired) electrons. The monoisotopic (exact) mass is 502 g/mol. The number of fused-ring (bicyclic) bond motifs is 1. The van der Waals surface area contributed by atoms with Gasteiger partial charge >= 0.3 is 0 Å². The van der Waals surface area contributed by atoms with Crippen LogP contribution >= 0.6 is 15.9 Å². The summed E-state index contributed by atoms with van der Waals surface area (Å²) in [7, 11) is 0. The summed E-state index contributed by atoms with van der Waals surface area (Å²) in [4.78, 5) is 7.69. The van der Waals surface area contributed by atoms with Gasteiger partial charge in [-0.25, -0.2) is 0 Å². The van der Waals surface area contributed by atoms with Gasteiger partial charge in [0.15, 0.2) is 11.5 Å². The average molecular weight is 503 g/mol. The largest absolute Gasteiger partial charge is 0.454 e. The summed E-state index contributed by atoms with van der Waals surface area (Å²) in [5.41, 5.74) is 8.24. The number of hydrogen-bond donors (Lipinski definition) is 1. The third kappa shape index (κ3) is 6.93. The molecule has 4 rings (SSSR count). The molecule has 1 fully saturated rings. The van der Waals surface area contributed by atoms with Crippen molar-refractivity contribution in [1.82, 2.24) is 14.7 Å². The van der Waals surface area contributed by atoms with Crippen LogP contribution in [0.25, 0.3) is 0 Å². The number of rotatable bonds is 11. The number of hydrogen-bond acceptors (Lipinski definition) is 6. The van der Waals surface area contributed by atoms with E-state index in [2.05, 4.69) is 67.0 Å². The van der Waals surface area contributed by atoms with E-state index >= 15 is 0 Å². The van der Waals surface area contributed by atoms with Gasteiger partial charge in [0, 0.05) is 50.3 Å². The van der Waals surface area contributed by atoms with Crippen LogP contribution in [-0.2, 0) is 13.1 Å². The first-order chi connectivity index (χ1) is 15.7. The lowest BCUT2D eigenvalue weighted by Crippen LogP contribution is -2.47. The van der Waals surface area contributed by atoms with E-state index < -0.39 is 0 Å². The van der Waals surface area contributed by atoms with Gasteiger partial charge in [0.05, 0.1) is 0 Å². The summed E-state index contributed by atoms with van der Waals surface area (Å²) >= 11 is 3.61. The number of ether oxygens (including phenoxy) is 2. The Morgan fingerprint density at radius 3 is 2.25 bits per heavy atom. The topological polar surface area (TPSA) is 54.2 Å². The maximum atomic E-state index is 5.65. The van der Waals surface area contributed by atoms with Gasteiger partial charge in [0.1, 0.15) is 0 Å². The van der Waals surface area contributed by atoms with Gasteiger partial charge in [0.25, 0.3) is 0 Å². The molecule has 0 aliphatic carbocycles. The molecule has 7 heteroatoms. The van der Waals surface area contributed by atoms with Gasteiger partial charge < -0.3 is 25.0 Å². The molecule has 0 spiro atoms. The van der Waals surface area contributed by atoms with Crippen molar-refractivity contribution < 1.29 is 9.47 Å². The smallest absolute Gasteiger partial charge is 0.231 e. The fraction of sp³-hybridized carbons (Fsp3) is 0.520. The van der Waals surface area contributed by atoms with Crippen LogP contribution in [0.5, 0.6) is 11.5 Å². The van der Waals surface area contributed by atoms with Crippen LogP contribution in [0.3, 0.4) is 0 Å². The SMILES string of the molecule is NCCCN1CCN(CCCN(Cc2cccc(Br)c2)Cc2ccc3c(c2)OCO3)CC1. The molecule has 1 saturated heterocycles. The molecule has 2 aliphatic heterocycles. The van der Waals surface area contributed by atoms with Crippen LogP contribution in [0.4, 0.5) is 0 Å². The Hall–Kier alpha value is -1.64. The lowest BCUT2D eigenvalue weighted by atomic mass is 10.1. The van der Waals surface area contributed by atoms with Crippen molar-refractivity contribution in [2.45, 2.75) is 25.9 Å². The van der Waals surface area contributed by atoms with Gasteiger partial charge in [0.2, 0.25) is 6.79 Å². The van der Waals surface area contributed by atoms with E-state index in [1.165, 1.54) is 43.7 Å². The minimum Gasteiger partial charge on any atom is -0.454 e. The summed E-state index contributed by atoms with van der Waals surface area (Å²) in [6, 6.07) is 14.9. The normalized spacial score (nSPS) is 16.7. The van der Waals surface area contributed by atoms with Crippen LogP contribution in [0, 0.1) is 0 Å². The molecule has 2 heterocycles. The molecule has 32 heavy (non-hydrogen) atoms. The Kier molecular flexibility index (Phi) is 8.82. The number of nitrogens with two attached hydrogens (primary N) is 1. The van der Waals surface area contributed by atoms with Gasteiger partial charge in [-0.15, -0.1) is 0 Å². The molecule has 2 aromatic rings. The zero-order valence-corrected chi connectivity index (χ0v) is 20.4. The van der Waals surface area contributed by atoms with E-state index in [4.69, 9.17) is 15.2 Å². The van der Waals surface area contributed by atoms with E-state index in [1.807, 2.05) is 6.07 Å². The van der Waals surface area contributed by atoms with Crippen molar-refractivity contribution in [3.63, 3.8) is 0 Å². The van der Waals surface area contributed by atoms with Crippen LogP contribution < -0.4 is 15.2 Å². The number of halogens is 1. The first-order valence-electron chi connectivity index (χ1n) is 11.7. The van der Waals surface area contributed by atoms with Crippen molar-refractivity contribution >= 4 is 15.9 Å². The second-order valence-electron chi connectivity index (χ2n) is 8.71. The highest BCUT2D eigenvalue weighted by Crippen LogP contribution is 2.33. The maximum Gasteiger partial charge on any atom is 0.231 e. The number of benzene rings is 2. The minimum absolute atomic E-state index is 0.319. The molecule has 0 aromatic heterocycles. The zero-order chi connectivity index (χ0) is 22.2.